The Balaban J connectivity index is 2.75. The second kappa shape index (κ2) is 3.72. The zero-order valence-electron chi connectivity index (χ0n) is 9.47. The van der Waals surface area contributed by atoms with E-state index in [4.69, 9.17) is 0 Å². The highest BCUT2D eigenvalue weighted by Gasteiger charge is 2.33. The summed E-state index contributed by atoms with van der Waals surface area (Å²) in [5.74, 6) is 0.148. The Morgan fingerprint density at radius 1 is 1.50 bits per heavy atom. The topological polar surface area (TPSA) is 17.1 Å². The number of hydrogen-bond acceptors (Lipinski definition) is 1. The fraction of sp³-hybridized carbons (Fsp3) is 0.615. The standard InChI is InChI=1S/C13H20O/c1-5-11(14)9-13(4)8-6-7-12(2,3)10-13/h5-6,8H,1,7,9-10H2,2-4H3/t13-/m0/s1. The minimum atomic E-state index is 0.0347. The largest absolute Gasteiger partial charge is 0.295 e. The number of carbonyl (C=O) groups excluding carboxylic acids is 1. The Labute approximate surface area is 86.9 Å². The van der Waals surface area contributed by atoms with Crippen LogP contribution in [0.4, 0.5) is 0 Å². The maximum atomic E-state index is 11.3. The number of carbonyl (C=O) groups is 1. The van der Waals surface area contributed by atoms with E-state index >= 15 is 0 Å². The van der Waals surface area contributed by atoms with Crippen molar-refractivity contribution in [1.82, 2.24) is 0 Å². The van der Waals surface area contributed by atoms with Crippen molar-refractivity contribution in [1.29, 1.82) is 0 Å². The molecule has 0 aromatic rings. The fourth-order valence-corrected chi connectivity index (χ4v) is 2.48. The van der Waals surface area contributed by atoms with Gasteiger partial charge in [0.25, 0.3) is 0 Å². The molecule has 0 aromatic heterocycles. The van der Waals surface area contributed by atoms with Crippen LogP contribution in [0.5, 0.6) is 0 Å². The van der Waals surface area contributed by atoms with Gasteiger partial charge in [-0.15, -0.1) is 0 Å². The van der Waals surface area contributed by atoms with Crippen LogP contribution in [0, 0.1) is 10.8 Å². The predicted molar refractivity (Wildman–Crippen MR) is 60.1 cm³/mol. The molecule has 0 fully saturated rings. The van der Waals surface area contributed by atoms with Gasteiger partial charge >= 0.3 is 0 Å². The van der Waals surface area contributed by atoms with Gasteiger partial charge in [0, 0.05) is 6.42 Å². The summed E-state index contributed by atoms with van der Waals surface area (Å²) < 4.78 is 0. The van der Waals surface area contributed by atoms with Crippen molar-refractivity contribution in [3.63, 3.8) is 0 Å². The van der Waals surface area contributed by atoms with Crippen molar-refractivity contribution in [2.45, 2.75) is 40.0 Å². The van der Waals surface area contributed by atoms with Crippen molar-refractivity contribution >= 4 is 5.78 Å². The van der Waals surface area contributed by atoms with E-state index in [0.717, 1.165) is 12.8 Å². The van der Waals surface area contributed by atoms with Crippen LogP contribution in [0.1, 0.15) is 40.0 Å². The van der Waals surface area contributed by atoms with Gasteiger partial charge in [0.2, 0.25) is 0 Å². The van der Waals surface area contributed by atoms with Crippen molar-refractivity contribution < 1.29 is 4.79 Å². The van der Waals surface area contributed by atoms with Gasteiger partial charge < -0.3 is 0 Å². The van der Waals surface area contributed by atoms with Crippen LogP contribution < -0.4 is 0 Å². The number of hydrogen-bond donors (Lipinski definition) is 0. The Hall–Kier alpha value is -0.850. The lowest BCUT2D eigenvalue weighted by Crippen LogP contribution is -2.29. The molecular weight excluding hydrogens is 172 g/mol. The minimum absolute atomic E-state index is 0.0347. The van der Waals surface area contributed by atoms with Crippen molar-refractivity contribution in [3.8, 4) is 0 Å². The third-order valence-corrected chi connectivity index (χ3v) is 2.88. The number of allylic oxidation sites excluding steroid dienone is 3. The molecule has 14 heavy (non-hydrogen) atoms. The van der Waals surface area contributed by atoms with Crippen LogP contribution in [0.25, 0.3) is 0 Å². The van der Waals surface area contributed by atoms with Crippen LogP contribution in [0.3, 0.4) is 0 Å². The summed E-state index contributed by atoms with van der Waals surface area (Å²) >= 11 is 0. The van der Waals surface area contributed by atoms with Crippen molar-refractivity contribution in [2.24, 2.45) is 10.8 Å². The molecule has 0 aromatic carbocycles. The van der Waals surface area contributed by atoms with Gasteiger partial charge in [0.1, 0.15) is 0 Å². The predicted octanol–water partition coefficient (Wildman–Crippen LogP) is 3.51. The second-order valence-electron chi connectivity index (χ2n) is 5.45. The summed E-state index contributed by atoms with van der Waals surface area (Å²) in [4.78, 5) is 11.3. The molecule has 1 rings (SSSR count). The average molecular weight is 192 g/mol. The van der Waals surface area contributed by atoms with Gasteiger partial charge in [-0.2, -0.15) is 0 Å². The smallest absolute Gasteiger partial charge is 0.155 e. The SMILES string of the molecule is C=CC(=O)C[C@]1(C)C=CCC(C)(C)C1. The van der Waals surface area contributed by atoms with E-state index in [1.807, 2.05) is 0 Å². The first-order valence-electron chi connectivity index (χ1n) is 5.20. The second-order valence-corrected chi connectivity index (χ2v) is 5.45. The number of rotatable bonds is 3. The normalized spacial score (nSPS) is 29.9. The van der Waals surface area contributed by atoms with Crippen LogP contribution in [-0.2, 0) is 4.79 Å². The summed E-state index contributed by atoms with van der Waals surface area (Å²) in [6.45, 7) is 10.2. The summed E-state index contributed by atoms with van der Waals surface area (Å²) in [5, 5.41) is 0. The van der Waals surface area contributed by atoms with E-state index < -0.39 is 0 Å². The van der Waals surface area contributed by atoms with Crippen LogP contribution in [0.15, 0.2) is 24.8 Å². The first-order valence-corrected chi connectivity index (χ1v) is 5.20. The summed E-state index contributed by atoms with van der Waals surface area (Å²) in [6, 6.07) is 0. The maximum Gasteiger partial charge on any atom is 0.155 e. The molecule has 0 aliphatic heterocycles. The van der Waals surface area contributed by atoms with Crippen LogP contribution >= 0.6 is 0 Å². The molecular formula is C13H20O. The summed E-state index contributed by atoms with van der Waals surface area (Å²) in [5.41, 5.74) is 0.359. The van der Waals surface area contributed by atoms with Crippen LogP contribution in [-0.4, -0.2) is 5.78 Å². The highest BCUT2D eigenvalue weighted by molar-refractivity contribution is 5.89. The first kappa shape index (κ1) is 11.2. The van der Waals surface area contributed by atoms with E-state index in [9.17, 15) is 4.79 Å². The molecule has 0 saturated carbocycles. The van der Waals surface area contributed by atoms with Gasteiger partial charge in [0.05, 0.1) is 0 Å². The van der Waals surface area contributed by atoms with Gasteiger partial charge in [-0.1, -0.05) is 39.5 Å². The Morgan fingerprint density at radius 2 is 2.14 bits per heavy atom. The monoisotopic (exact) mass is 192 g/mol. The first-order chi connectivity index (χ1) is 6.37. The van der Waals surface area contributed by atoms with Gasteiger partial charge in [-0.25, -0.2) is 0 Å². The molecule has 0 spiro atoms. The third kappa shape index (κ3) is 2.83. The van der Waals surface area contributed by atoms with Gasteiger partial charge in [-0.05, 0) is 29.7 Å². The Kier molecular flexibility index (Phi) is 2.98. The van der Waals surface area contributed by atoms with Gasteiger partial charge in [0.15, 0.2) is 5.78 Å². The molecule has 0 bridgehead atoms. The minimum Gasteiger partial charge on any atom is -0.295 e. The molecule has 1 atom stereocenters. The van der Waals surface area contributed by atoms with E-state index in [1.165, 1.54) is 6.08 Å². The van der Waals surface area contributed by atoms with Gasteiger partial charge in [-0.3, -0.25) is 4.79 Å². The Bertz CT molecular complexity index is 273. The molecule has 1 nitrogen and oxygen atoms in total. The van der Waals surface area contributed by atoms with Crippen molar-refractivity contribution in [2.75, 3.05) is 0 Å². The molecule has 0 saturated heterocycles. The third-order valence-electron chi connectivity index (χ3n) is 2.88. The van der Waals surface area contributed by atoms with E-state index in [0.29, 0.717) is 11.8 Å². The highest BCUT2D eigenvalue weighted by Crippen LogP contribution is 2.43. The summed E-state index contributed by atoms with van der Waals surface area (Å²) in [6.07, 6.45) is 8.62. The molecule has 0 unspecified atom stereocenters. The van der Waals surface area contributed by atoms with Crippen molar-refractivity contribution in [3.05, 3.63) is 24.8 Å². The molecule has 0 radical (unpaired) electrons. The molecule has 1 heteroatoms. The molecule has 78 valence electrons. The highest BCUT2D eigenvalue weighted by atomic mass is 16.1. The van der Waals surface area contributed by atoms with E-state index in [1.54, 1.807) is 0 Å². The zero-order chi connectivity index (χ0) is 10.8. The molecule has 0 heterocycles. The molecule has 1 aliphatic carbocycles. The summed E-state index contributed by atoms with van der Waals surface area (Å²) in [7, 11) is 0. The Morgan fingerprint density at radius 3 is 2.64 bits per heavy atom. The average Bonchev–Trinajstić information content (AvgIpc) is 2.00. The van der Waals surface area contributed by atoms with Crippen LogP contribution in [0.2, 0.25) is 0 Å². The fourth-order valence-electron chi connectivity index (χ4n) is 2.48. The lowest BCUT2D eigenvalue weighted by atomic mass is 9.66. The lowest BCUT2D eigenvalue weighted by Gasteiger charge is -2.38. The molecule has 1 aliphatic rings. The number of ketones is 1. The lowest BCUT2D eigenvalue weighted by molar-refractivity contribution is -0.116. The maximum absolute atomic E-state index is 11.3. The quantitative estimate of drug-likeness (QED) is 0.494. The zero-order valence-corrected chi connectivity index (χ0v) is 9.47. The molecule has 0 amide bonds. The van der Waals surface area contributed by atoms with E-state index in [2.05, 4.69) is 39.5 Å². The molecule has 0 N–H and O–H groups in total. The van der Waals surface area contributed by atoms with E-state index in [-0.39, 0.29) is 11.2 Å².